The topological polar surface area (TPSA) is 125 Å². The van der Waals surface area contributed by atoms with E-state index in [0.29, 0.717) is 23.6 Å². The zero-order valence-electron chi connectivity index (χ0n) is 18.0. The van der Waals surface area contributed by atoms with E-state index in [9.17, 15) is 14.4 Å². The molecule has 3 amide bonds. The molecule has 9 nitrogen and oxygen atoms in total. The minimum atomic E-state index is -0.828. The van der Waals surface area contributed by atoms with Gasteiger partial charge in [0, 0.05) is 5.56 Å². The summed E-state index contributed by atoms with van der Waals surface area (Å²) in [5, 5.41) is 9.43. The third-order valence-corrected chi connectivity index (χ3v) is 5.21. The fourth-order valence-electron chi connectivity index (χ4n) is 2.87. The number of nitrogens with one attached hydrogen (secondary N) is 4. The number of amides is 3. The molecule has 0 aliphatic heterocycles. The van der Waals surface area contributed by atoms with Gasteiger partial charge in [-0.2, -0.15) is 16.9 Å². The van der Waals surface area contributed by atoms with Crippen molar-refractivity contribution in [2.24, 2.45) is 0 Å². The molecular weight excluding hydrogens is 442 g/mol. The van der Waals surface area contributed by atoms with Crippen molar-refractivity contribution in [2.75, 3.05) is 18.6 Å². The summed E-state index contributed by atoms with van der Waals surface area (Å²) >= 11 is 1.54. The quantitative estimate of drug-likeness (QED) is 0.339. The predicted molar refractivity (Wildman–Crippen MR) is 126 cm³/mol. The van der Waals surface area contributed by atoms with Crippen molar-refractivity contribution < 1.29 is 19.1 Å². The average Bonchev–Trinajstić information content (AvgIpc) is 3.35. The zero-order chi connectivity index (χ0) is 23.5. The standard InChI is InChI=1S/C23H25N5O4S/c1-33-13-12-18(24-21(29)15-32-17-10-6-3-7-11-17)22(30)27-28-23(31)20-14-19(25-26-20)16-8-4-2-5-9-16/h2-11,14,18H,12-13,15H2,1H3,(H,24,29)(H,25,26)(H,27,30)(H,28,31). The lowest BCUT2D eigenvalue weighted by atomic mass is 10.1. The van der Waals surface area contributed by atoms with E-state index in [4.69, 9.17) is 4.74 Å². The molecule has 3 aromatic rings. The van der Waals surface area contributed by atoms with Crippen LogP contribution < -0.4 is 20.9 Å². The number of nitrogens with zero attached hydrogens (tertiary/aromatic N) is 1. The minimum absolute atomic E-state index is 0.190. The Morgan fingerprint density at radius 1 is 1.03 bits per heavy atom. The molecule has 4 N–H and O–H groups in total. The van der Waals surface area contributed by atoms with Crippen LogP contribution in [0.4, 0.5) is 0 Å². The Bertz CT molecular complexity index is 1060. The summed E-state index contributed by atoms with van der Waals surface area (Å²) in [6, 6.07) is 19.1. The number of H-pyrrole nitrogens is 1. The number of para-hydroxylation sites is 1. The maximum Gasteiger partial charge on any atom is 0.287 e. The van der Waals surface area contributed by atoms with E-state index in [1.807, 2.05) is 42.7 Å². The molecule has 0 bridgehead atoms. The average molecular weight is 468 g/mol. The van der Waals surface area contributed by atoms with E-state index < -0.39 is 23.8 Å². The summed E-state index contributed by atoms with van der Waals surface area (Å²) < 4.78 is 5.42. The van der Waals surface area contributed by atoms with Crippen LogP contribution in [0.25, 0.3) is 11.3 Å². The van der Waals surface area contributed by atoms with Crippen LogP contribution in [0.2, 0.25) is 0 Å². The van der Waals surface area contributed by atoms with Crippen LogP contribution in [0.15, 0.2) is 66.7 Å². The molecule has 0 fully saturated rings. The fraction of sp³-hybridized carbons (Fsp3) is 0.217. The van der Waals surface area contributed by atoms with E-state index in [1.165, 1.54) is 0 Å². The highest BCUT2D eigenvalue weighted by molar-refractivity contribution is 7.98. The van der Waals surface area contributed by atoms with Gasteiger partial charge < -0.3 is 10.1 Å². The van der Waals surface area contributed by atoms with E-state index in [-0.39, 0.29) is 12.3 Å². The SMILES string of the molecule is CSCCC(NC(=O)COc1ccccc1)C(=O)NNC(=O)c1cc(-c2ccccc2)n[nH]1. The number of carbonyl (C=O) groups excluding carboxylic acids is 3. The van der Waals surface area contributed by atoms with Gasteiger partial charge in [0.05, 0.1) is 5.69 Å². The number of aromatic amines is 1. The van der Waals surface area contributed by atoms with Crippen molar-refractivity contribution >= 4 is 29.5 Å². The van der Waals surface area contributed by atoms with Crippen LogP contribution in [0.3, 0.4) is 0 Å². The number of hydrazine groups is 1. The third kappa shape index (κ3) is 7.39. The molecule has 10 heteroatoms. The number of thioether (sulfide) groups is 1. The van der Waals surface area contributed by atoms with Crippen LogP contribution in [0.1, 0.15) is 16.9 Å². The third-order valence-electron chi connectivity index (χ3n) is 4.57. The van der Waals surface area contributed by atoms with Crippen LogP contribution >= 0.6 is 11.8 Å². The second-order valence-electron chi connectivity index (χ2n) is 6.98. The molecule has 0 saturated heterocycles. The lowest BCUT2D eigenvalue weighted by Crippen LogP contribution is -2.53. The molecule has 0 saturated carbocycles. The van der Waals surface area contributed by atoms with E-state index in [2.05, 4.69) is 26.4 Å². The summed E-state index contributed by atoms with van der Waals surface area (Å²) in [5.41, 5.74) is 6.37. The molecule has 33 heavy (non-hydrogen) atoms. The number of ether oxygens (including phenoxy) is 1. The molecule has 1 unspecified atom stereocenters. The van der Waals surface area contributed by atoms with E-state index in [0.717, 1.165) is 5.56 Å². The van der Waals surface area contributed by atoms with Gasteiger partial charge in [-0.15, -0.1) is 0 Å². The van der Waals surface area contributed by atoms with Gasteiger partial charge in [0.15, 0.2) is 6.61 Å². The molecule has 0 radical (unpaired) electrons. The summed E-state index contributed by atoms with van der Waals surface area (Å²) in [6.45, 7) is -0.226. The Labute approximate surface area is 195 Å². The van der Waals surface area contributed by atoms with E-state index in [1.54, 1.807) is 42.1 Å². The first-order valence-electron chi connectivity index (χ1n) is 10.2. The van der Waals surface area contributed by atoms with Crippen molar-refractivity contribution in [3.63, 3.8) is 0 Å². The highest BCUT2D eigenvalue weighted by Crippen LogP contribution is 2.16. The Morgan fingerprint density at radius 3 is 2.42 bits per heavy atom. The van der Waals surface area contributed by atoms with Gasteiger partial charge in [-0.3, -0.25) is 30.3 Å². The van der Waals surface area contributed by atoms with Crippen LogP contribution in [-0.2, 0) is 9.59 Å². The number of rotatable bonds is 10. The van der Waals surface area contributed by atoms with Crippen molar-refractivity contribution in [3.8, 4) is 17.0 Å². The fourth-order valence-corrected chi connectivity index (χ4v) is 3.35. The van der Waals surface area contributed by atoms with Gasteiger partial charge in [0.2, 0.25) is 0 Å². The first-order chi connectivity index (χ1) is 16.1. The second kappa shape index (κ2) is 12.3. The molecule has 2 aromatic carbocycles. The number of hydrogen-bond donors (Lipinski definition) is 4. The molecular formula is C23H25N5O4S. The Hall–Kier alpha value is -3.79. The van der Waals surface area contributed by atoms with Gasteiger partial charge in [-0.25, -0.2) is 0 Å². The second-order valence-corrected chi connectivity index (χ2v) is 7.97. The lowest BCUT2D eigenvalue weighted by Gasteiger charge is -2.18. The first-order valence-corrected chi connectivity index (χ1v) is 11.6. The van der Waals surface area contributed by atoms with Gasteiger partial charge >= 0.3 is 0 Å². The van der Waals surface area contributed by atoms with Gasteiger partial charge in [-0.05, 0) is 36.6 Å². The largest absolute Gasteiger partial charge is 0.484 e. The van der Waals surface area contributed by atoms with Crippen molar-refractivity contribution in [1.82, 2.24) is 26.4 Å². The molecule has 0 spiro atoms. The minimum Gasteiger partial charge on any atom is -0.484 e. The van der Waals surface area contributed by atoms with Crippen LogP contribution in [0.5, 0.6) is 5.75 Å². The molecule has 1 aromatic heterocycles. The Kier molecular flexibility index (Phi) is 8.89. The van der Waals surface area contributed by atoms with Crippen molar-refractivity contribution in [2.45, 2.75) is 12.5 Å². The molecule has 3 rings (SSSR count). The van der Waals surface area contributed by atoms with Gasteiger partial charge in [0.25, 0.3) is 17.7 Å². The maximum atomic E-state index is 12.6. The van der Waals surface area contributed by atoms with Crippen molar-refractivity contribution in [3.05, 3.63) is 72.4 Å². The monoisotopic (exact) mass is 467 g/mol. The number of carbonyl (C=O) groups is 3. The molecule has 1 heterocycles. The molecule has 0 aliphatic rings. The normalized spacial score (nSPS) is 11.3. The lowest BCUT2D eigenvalue weighted by molar-refractivity contribution is -0.130. The summed E-state index contributed by atoms with van der Waals surface area (Å²) in [6.07, 6.45) is 2.29. The van der Waals surface area contributed by atoms with Crippen molar-refractivity contribution in [1.29, 1.82) is 0 Å². The molecule has 0 aliphatic carbocycles. The highest BCUT2D eigenvalue weighted by atomic mass is 32.2. The van der Waals surface area contributed by atoms with Gasteiger partial charge in [0.1, 0.15) is 17.5 Å². The summed E-state index contributed by atoms with van der Waals surface area (Å²) in [4.78, 5) is 37.3. The smallest absolute Gasteiger partial charge is 0.287 e. The maximum absolute atomic E-state index is 12.6. The predicted octanol–water partition coefficient (Wildman–Crippen LogP) is 2.15. The highest BCUT2D eigenvalue weighted by Gasteiger charge is 2.22. The zero-order valence-corrected chi connectivity index (χ0v) is 18.9. The first kappa shape index (κ1) is 23.9. The Balaban J connectivity index is 1.52. The Morgan fingerprint density at radius 2 is 1.73 bits per heavy atom. The summed E-state index contributed by atoms with van der Waals surface area (Å²) in [5.74, 6) is -0.326. The van der Waals surface area contributed by atoms with Crippen LogP contribution in [-0.4, -0.2) is 52.6 Å². The molecule has 172 valence electrons. The number of hydrogen-bond acceptors (Lipinski definition) is 6. The van der Waals surface area contributed by atoms with Crippen LogP contribution in [0, 0.1) is 0 Å². The van der Waals surface area contributed by atoms with Gasteiger partial charge in [-0.1, -0.05) is 48.5 Å². The number of aromatic nitrogens is 2. The number of benzene rings is 2. The molecule has 1 atom stereocenters. The van der Waals surface area contributed by atoms with E-state index >= 15 is 0 Å². The summed E-state index contributed by atoms with van der Waals surface area (Å²) in [7, 11) is 0.